The summed E-state index contributed by atoms with van der Waals surface area (Å²) < 4.78 is 17.0. The molecule has 6 heteroatoms. The Balaban J connectivity index is 4.23. The van der Waals surface area contributed by atoms with E-state index < -0.39 is 6.10 Å². The van der Waals surface area contributed by atoms with Crippen molar-refractivity contribution in [2.75, 3.05) is 13.2 Å². The fraction of sp³-hybridized carbons (Fsp3) is 0.829. The van der Waals surface area contributed by atoms with Crippen LogP contribution in [0, 0.1) is 0 Å². The highest BCUT2D eigenvalue weighted by Crippen LogP contribution is 2.18. The highest BCUT2D eigenvalue weighted by Gasteiger charge is 2.19. The van der Waals surface area contributed by atoms with Crippen LogP contribution in [0.25, 0.3) is 0 Å². The molecule has 1 atom stereocenters. The Bertz CT molecular complexity index is 1460. The van der Waals surface area contributed by atoms with Gasteiger partial charge in [-0.05, 0) is 89.9 Å². The van der Waals surface area contributed by atoms with Crippen LogP contribution < -0.4 is 0 Å². The van der Waals surface area contributed by atoms with Gasteiger partial charge in [-0.2, -0.15) is 0 Å². The van der Waals surface area contributed by atoms with Crippen LogP contribution in [-0.2, 0) is 28.6 Å². The van der Waals surface area contributed by atoms with Crippen LogP contribution in [0.15, 0.2) is 60.8 Å². The van der Waals surface area contributed by atoms with E-state index in [2.05, 4.69) is 81.5 Å². The molecule has 478 valence electrons. The van der Waals surface area contributed by atoms with Gasteiger partial charge in [-0.1, -0.05) is 338 Å². The maximum atomic E-state index is 12.9. The fourth-order valence-corrected chi connectivity index (χ4v) is 10.8. The third kappa shape index (κ3) is 67.9. The predicted molar refractivity (Wildman–Crippen MR) is 358 cm³/mol. The van der Waals surface area contributed by atoms with E-state index in [9.17, 15) is 14.4 Å². The second-order valence-electron chi connectivity index (χ2n) is 24.5. The van der Waals surface area contributed by atoms with E-state index in [1.165, 1.54) is 244 Å². The van der Waals surface area contributed by atoms with Crippen molar-refractivity contribution >= 4 is 17.9 Å². The van der Waals surface area contributed by atoms with Crippen LogP contribution in [0.2, 0.25) is 0 Å². The van der Waals surface area contributed by atoms with Gasteiger partial charge in [0, 0.05) is 19.3 Å². The summed E-state index contributed by atoms with van der Waals surface area (Å²) in [6, 6.07) is 0. The zero-order valence-corrected chi connectivity index (χ0v) is 55.0. The average Bonchev–Trinajstić information content (AvgIpc) is 3.47. The summed E-state index contributed by atoms with van der Waals surface area (Å²) in [5.41, 5.74) is 0. The third-order valence-corrected chi connectivity index (χ3v) is 16.2. The number of carbonyl (C=O) groups is 3. The van der Waals surface area contributed by atoms with Gasteiger partial charge in [0.05, 0.1) is 0 Å². The topological polar surface area (TPSA) is 78.9 Å². The molecular weight excluding hydrogens is 1010 g/mol. The molecular formula is C76H138O6. The summed E-state index contributed by atoms with van der Waals surface area (Å²) in [5.74, 6) is -0.886. The van der Waals surface area contributed by atoms with E-state index >= 15 is 0 Å². The number of allylic oxidation sites excluding steroid dienone is 10. The largest absolute Gasteiger partial charge is 0.462 e. The van der Waals surface area contributed by atoms with Crippen molar-refractivity contribution in [1.82, 2.24) is 0 Å². The molecule has 0 spiro atoms. The standard InChI is InChI=1S/C76H138O6/c1-4-7-10-13-16-19-22-25-28-30-32-33-34-35-36-37-38-39-40-41-42-44-45-48-51-54-57-60-63-66-69-75(78)81-72-73(71-80-74(77)68-65-62-59-56-53-50-47-27-24-21-18-15-12-9-6-3)82-76(79)70-67-64-61-58-55-52-49-46-43-31-29-26-23-20-17-14-11-8-5-2/h17-18,20-21,26-27,29,43,46-47,73H,4-16,19,22-25,28,30-42,44-45,48-72H2,1-3H3/b20-17-,21-18-,29-26-,46-43-,47-27-. The Morgan fingerprint density at radius 3 is 0.707 bits per heavy atom. The van der Waals surface area contributed by atoms with Crippen molar-refractivity contribution in [3.8, 4) is 0 Å². The zero-order valence-electron chi connectivity index (χ0n) is 55.0. The van der Waals surface area contributed by atoms with E-state index in [0.29, 0.717) is 19.3 Å². The average molecular weight is 1150 g/mol. The molecule has 0 aliphatic heterocycles. The Morgan fingerprint density at radius 1 is 0.244 bits per heavy atom. The summed E-state index contributed by atoms with van der Waals surface area (Å²) in [6.45, 7) is 6.63. The van der Waals surface area contributed by atoms with Crippen LogP contribution in [0.4, 0.5) is 0 Å². The van der Waals surface area contributed by atoms with Crippen LogP contribution in [0.5, 0.6) is 0 Å². The van der Waals surface area contributed by atoms with Gasteiger partial charge >= 0.3 is 17.9 Å². The van der Waals surface area contributed by atoms with Crippen molar-refractivity contribution in [3.05, 3.63) is 60.8 Å². The third-order valence-electron chi connectivity index (χ3n) is 16.2. The molecule has 0 saturated carbocycles. The quantitative estimate of drug-likeness (QED) is 0.0261. The first-order valence-corrected chi connectivity index (χ1v) is 36.3. The monoisotopic (exact) mass is 1150 g/mol. The molecule has 1 unspecified atom stereocenters. The molecule has 0 fully saturated rings. The minimum Gasteiger partial charge on any atom is -0.462 e. The number of ether oxygens (including phenoxy) is 3. The SMILES string of the molecule is CCCCC/C=C\C/C=C\C/C=C\CCCCCCCCC(=O)OC(COC(=O)CCCCCCC/C=C\C/C=C\CCCCC)COC(=O)CCCCCCCCCCCCCCCCCCCCCCCCCCCCCCCC. The van der Waals surface area contributed by atoms with Crippen LogP contribution in [-0.4, -0.2) is 37.2 Å². The molecule has 0 bridgehead atoms. The first-order valence-electron chi connectivity index (χ1n) is 36.3. The van der Waals surface area contributed by atoms with Gasteiger partial charge in [-0.3, -0.25) is 14.4 Å². The lowest BCUT2D eigenvalue weighted by atomic mass is 10.0. The highest BCUT2D eigenvalue weighted by molar-refractivity contribution is 5.71. The minimum atomic E-state index is -0.788. The molecule has 0 amide bonds. The zero-order chi connectivity index (χ0) is 59.2. The second-order valence-corrected chi connectivity index (χ2v) is 24.5. The normalized spacial score (nSPS) is 12.4. The minimum absolute atomic E-state index is 0.0809. The lowest BCUT2D eigenvalue weighted by molar-refractivity contribution is -0.167. The van der Waals surface area contributed by atoms with Gasteiger partial charge in [0.2, 0.25) is 0 Å². The van der Waals surface area contributed by atoms with E-state index in [4.69, 9.17) is 14.2 Å². The van der Waals surface area contributed by atoms with Crippen molar-refractivity contribution in [3.63, 3.8) is 0 Å². The van der Waals surface area contributed by atoms with Gasteiger partial charge in [0.1, 0.15) is 13.2 Å². The van der Waals surface area contributed by atoms with Gasteiger partial charge in [0.25, 0.3) is 0 Å². The Labute approximate surface area is 510 Å². The fourth-order valence-electron chi connectivity index (χ4n) is 10.8. The summed E-state index contributed by atoms with van der Waals surface area (Å²) in [6.07, 6.45) is 91.2. The molecule has 0 N–H and O–H groups in total. The summed E-state index contributed by atoms with van der Waals surface area (Å²) >= 11 is 0. The molecule has 0 aromatic carbocycles. The Kier molecular flexibility index (Phi) is 68.1. The van der Waals surface area contributed by atoms with E-state index in [-0.39, 0.29) is 31.1 Å². The first kappa shape index (κ1) is 79.1. The van der Waals surface area contributed by atoms with Gasteiger partial charge in [-0.25, -0.2) is 0 Å². The molecule has 0 aromatic heterocycles. The van der Waals surface area contributed by atoms with E-state index in [1.54, 1.807) is 0 Å². The number of rotatable bonds is 67. The summed E-state index contributed by atoms with van der Waals surface area (Å²) in [7, 11) is 0. The second kappa shape index (κ2) is 70.6. The maximum absolute atomic E-state index is 12.9. The van der Waals surface area contributed by atoms with Gasteiger partial charge in [0.15, 0.2) is 6.10 Å². The molecule has 0 heterocycles. The van der Waals surface area contributed by atoms with Crippen molar-refractivity contribution < 1.29 is 28.6 Å². The first-order chi connectivity index (χ1) is 40.5. The van der Waals surface area contributed by atoms with Crippen LogP contribution in [0.3, 0.4) is 0 Å². The highest BCUT2D eigenvalue weighted by atomic mass is 16.6. The molecule has 82 heavy (non-hydrogen) atoms. The molecule has 0 aliphatic rings. The number of hydrogen-bond acceptors (Lipinski definition) is 6. The Morgan fingerprint density at radius 2 is 0.439 bits per heavy atom. The van der Waals surface area contributed by atoms with Crippen molar-refractivity contribution in [2.24, 2.45) is 0 Å². The molecule has 0 aliphatic carbocycles. The lowest BCUT2D eigenvalue weighted by Gasteiger charge is -2.18. The van der Waals surface area contributed by atoms with Crippen LogP contribution >= 0.6 is 0 Å². The maximum Gasteiger partial charge on any atom is 0.306 e. The number of hydrogen-bond donors (Lipinski definition) is 0. The van der Waals surface area contributed by atoms with Gasteiger partial charge < -0.3 is 14.2 Å². The summed E-state index contributed by atoms with van der Waals surface area (Å²) in [5, 5.41) is 0. The van der Waals surface area contributed by atoms with Crippen molar-refractivity contribution in [1.29, 1.82) is 0 Å². The number of carbonyl (C=O) groups excluding carboxylic acids is 3. The van der Waals surface area contributed by atoms with E-state index in [0.717, 1.165) is 103 Å². The van der Waals surface area contributed by atoms with E-state index in [1.807, 2.05) is 0 Å². The predicted octanol–water partition coefficient (Wildman–Crippen LogP) is 25.1. The summed E-state index contributed by atoms with van der Waals surface area (Å²) in [4.78, 5) is 38.4. The molecule has 0 saturated heterocycles. The molecule has 0 radical (unpaired) electrons. The van der Waals surface area contributed by atoms with Gasteiger partial charge in [-0.15, -0.1) is 0 Å². The smallest absolute Gasteiger partial charge is 0.306 e. The van der Waals surface area contributed by atoms with Crippen molar-refractivity contribution in [2.45, 2.75) is 393 Å². The number of unbranched alkanes of at least 4 members (excludes halogenated alkanes) is 46. The molecule has 0 rings (SSSR count). The number of esters is 3. The Hall–Kier alpha value is -2.89. The lowest BCUT2D eigenvalue weighted by Crippen LogP contribution is -2.30. The molecule has 6 nitrogen and oxygen atoms in total. The van der Waals surface area contributed by atoms with Crippen LogP contribution in [0.1, 0.15) is 387 Å². The molecule has 0 aromatic rings.